The third-order valence-corrected chi connectivity index (χ3v) is 10.5. The molecular formula is C25H38O8. The highest BCUT2D eigenvalue weighted by Crippen LogP contribution is 2.65. The van der Waals surface area contributed by atoms with Gasteiger partial charge in [-0.05, 0) is 80.5 Å². The number of hydrogen-bond acceptors (Lipinski definition) is 7. The maximum absolute atomic E-state index is 12.6. The third kappa shape index (κ3) is 3.59. The van der Waals surface area contributed by atoms with Crippen molar-refractivity contribution in [2.24, 2.45) is 34.5 Å². The van der Waals surface area contributed by atoms with E-state index in [-0.39, 0.29) is 16.9 Å². The Morgan fingerprint density at radius 3 is 2.45 bits per heavy atom. The SMILES string of the molecule is C[C@]12CCC(O[C@@H]3O[C@H](C(=O)O)[C@@H](O)[C@H](O)[C@H]3O)CC1CC[C@@H]1[C@@H]2CC[C@]2(C)C(=O)CC[C@@H]12. The number of ether oxygens (including phenoxy) is 2. The number of fused-ring (bicyclic) bond motifs is 5. The smallest absolute Gasteiger partial charge is 0.335 e. The van der Waals surface area contributed by atoms with Crippen molar-refractivity contribution in [1.82, 2.24) is 0 Å². The molecule has 4 saturated carbocycles. The van der Waals surface area contributed by atoms with Gasteiger partial charge in [0.15, 0.2) is 12.4 Å². The molecule has 0 bridgehead atoms. The minimum atomic E-state index is -1.71. The van der Waals surface area contributed by atoms with Gasteiger partial charge < -0.3 is 29.9 Å². The van der Waals surface area contributed by atoms with E-state index in [4.69, 9.17) is 9.47 Å². The zero-order chi connectivity index (χ0) is 23.7. The number of carboxylic acid groups (broad SMARTS) is 1. The predicted octanol–water partition coefficient (Wildman–Crippen LogP) is 1.88. The molecule has 1 heterocycles. The monoisotopic (exact) mass is 466 g/mol. The fraction of sp³-hybridized carbons (Fsp3) is 0.920. The second-order valence-electron chi connectivity index (χ2n) is 11.8. The van der Waals surface area contributed by atoms with Crippen molar-refractivity contribution in [2.45, 2.75) is 108 Å². The first-order valence-electron chi connectivity index (χ1n) is 12.7. The van der Waals surface area contributed by atoms with Crippen LogP contribution in [-0.2, 0) is 19.1 Å². The zero-order valence-electron chi connectivity index (χ0n) is 19.6. The molecule has 8 heteroatoms. The summed E-state index contributed by atoms with van der Waals surface area (Å²) in [5, 5.41) is 39.6. The van der Waals surface area contributed by atoms with E-state index in [1.807, 2.05) is 0 Å². The summed E-state index contributed by atoms with van der Waals surface area (Å²) in [6.45, 7) is 4.62. The third-order valence-electron chi connectivity index (χ3n) is 10.5. The van der Waals surface area contributed by atoms with Crippen LogP contribution in [0.5, 0.6) is 0 Å². The molecule has 2 unspecified atom stereocenters. The lowest BCUT2D eigenvalue weighted by Crippen LogP contribution is -2.61. The molecule has 0 amide bonds. The lowest BCUT2D eigenvalue weighted by molar-refractivity contribution is -0.309. The van der Waals surface area contributed by atoms with E-state index in [1.165, 1.54) is 0 Å². The minimum Gasteiger partial charge on any atom is -0.479 e. The molecule has 0 spiro atoms. The Kier molecular flexibility index (Phi) is 5.93. The molecule has 4 aliphatic carbocycles. The van der Waals surface area contributed by atoms with Gasteiger partial charge in [0.25, 0.3) is 0 Å². The first kappa shape index (κ1) is 23.7. The first-order chi connectivity index (χ1) is 15.6. The molecule has 186 valence electrons. The van der Waals surface area contributed by atoms with E-state index < -0.39 is 36.7 Å². The molecule has 5 fully saturated rings. The topological polar surface area (TPSA) is 134 Å². The van der Waals surface area contributed by atoms with Gasteiger partial charge >= 0.3 is 5.97 Å². The lowest BCUT2D eigenvalue weighted by Gasteiger charge is -2.60. The number of hydrogen-bond donors (Lipinski definition) is 4. The lowest BCUT2D eigenvalue weighted by atomic mass is 9.45. The van der Waals surface area contributed by atoms with Crippen LogP contribution in [-0.4, -0.2) is 69.0 Å². The van der Waals surface area contributed by atoms with Gasteiger partial charge in [-0.3, -0.25) is 4.79 Å². The van der Waals surface area contributed by atoms with Crippen LogP contribution < -0.4 is 0 Å². The molecular weight excluding hydrogens is 428 g/mol. The summed E-state index contributed by atoms with van der Waals surface area (Å²) >= 11 is 0. The van der Waals surface area contributed by atoms with Crippen LogP contribution in [0.1, 0.15) is 71.6 Å². The molecule has 33 heavy (non-hydrogen) atoms. The fourth-order valence-corrected chi connectivity index (χ4v) is 8.47. The zero-order valence-corrected chi connectivity index (χ0v) is 19.6. The van der Waals surface area contributed by atoms with Gasteiger partial charge in [-0.2, -0.15) is 0 Å². The van der Waals surface area contributed by atoms with Crippen LogP contribution in [0.15, 0.2) is 0 Å². The van der Waals surface area contributed by atoms with E-state index in [2.05, 4.69) is 13.8 Å². The van der Waals surface area contributed by atoms with E-state index in [0.717, 1.165) is 57.8 Å². The van der Waals surface area contributed by atoms with E-state index in [1.54, 1.807) is 0 Å². The number of aliphatic hydroxyl groups excluding tert-OH is 3. The molecule has 1 saturated heterocycles. The van der Waals surface area contributed by atoms with Crippen LogP contribution in [0.2, 0.25) is 0 Å². The minimum absolute atomic E-state index is 0.120. The quantitative estimate of drug-likeness (QED) is 0.463. The summed E-state index contributed by atoms with van der Waals surface area (Å²) in [5.74, 6) is 1.28. The van der Waals surface area contributed by atoms with E-state index in [9.17, 15) is 30.0 Å². The van der Waals surface area contributed by atoms with Gasteiger partial charge in [0, 0.05) is 11.8 Å². The van der Waals surface area contributed by atoms with Crippen molar-refractivity contribution in [2.75, 3.05) is 0 Å². The predicted molar refractivity (Wildman–Crippen MR) is 116 cm³/mol. The van der Waals surface area contributed by atoms with Crippen LogP contribution >= 0.6 is 0 Å². The Morgan fingerprint density at radius 1 is 0.970 bits per heavy atom. The largest absolute Gasteiger partial charge is 0.479 e. The summed E-state index contributed by atoms with van der Waals surface area (Å²) in [6, 6.07) is 0. The highest BCUT2D eigenvalue weighted by atomic mass is 16.7. The molecule has 8 nitrogen and oxygen atoms in total. The molecule has 5 aliphatic rings. The van der Waals surface area contributed by atoms with Crippen molar-refractivity contribution >= 4 is 11.8 Å². The summed E-state index contributed by atoms with van der Waals surface area (Å²) < 4.78 is 11.4. The Bertz CT molecular complexity index is 801. The van der Waals surface area contributed by atoms with Gasteiger partial charge in [0.2, 0.25) is 0 Å². The highest BCUT2D eigenvalue weighted by molar-refractivity contribution is 5.87. The Hall–Kier alpha value is -1.06. The summed E-state index contributed by atoms with van der Waals surface area (Å²) in [4.78, 5) is 24.0. The maximum Gasteiger partial charge on any atom is 0.335 e. The van der Waals surface area contributed by atoms with Crippen molar-refractivity contribution in [3.8, 4) is 0 Å². The second kappa shape index (κ2) is 8.26. The van der Waals surface area contributed by atoms with Crippen LogP contribution in [0.25, 0.3) is 0 Å². The van der Waals surface area contributed by atoms with Gasteiger partial charge in [-0.15, -0.1) is 0 Å². The number of carbonyl (C=O) groups is 2. The molecule has 0 aromatic rings. The number of aliphatic carboxylic acids is 1. The number of aliphatic hydroxyl groups is 3. The van der Waals surface area contributed by atoms with Crippen LogP contribution in [0.3, 0.4) is 0 Å². The van der Waals surface area contributed by atoms with Gasteiger partial charge in [-0.25, -0.2) is 4.79 Å². The van der Waals surface area contributed by atoms with Gasteiger partial charge in [0.05, 0.1) is 6.10 Å². The first-order valence-corrected chi connectivity index (χ1v) is 12.7. The molecule has 0 aromatic heterocycles. The number of carbonyl (C=O) groups excluding carboxylic acids is 1. The van der Waals surface area contributed by atoms with E-state index in [0.29, 0.717) is 29.5 Å². The average molecular weight is 467 g/mol. The van der Waals surface area contributed by atoms with Crippen molar-refractivity contribution in [1.29, 1.82) is 0 Å². The number of rotatable bonds is 3. The van der Waals surface area contributed by atoms with Crippen molar-refractivity contribution in [3.63, 3.8) is 0 Å². The van der Waals surface area contributed by atoms with Crippen LogP contribution in [0.4, 0.5) is 0 Å². The van der Waals surface area contributed by atoms with Gasteiger partial charge in [0.1, 0.15) is 24.1 Å². The maximum atomic E-state index is 12.6. The summed E-state index contributed by atoms with van der Waals surface area (Å²) in [6.07, 6.45) is 0.719. The van der Waals surface area contributed by atoms with Crippen molar-refractivity contribution < 1.29 is 39.5 Å². The highest BCUT2D eigenvalue weighted by Gasteiger charge is 2.60. The van der Waals surface area contributed by atoms with Gasteiger partial charge in [-0.1, -0.05) is 13.8 Å². The Morgan fingerprint density at radius 2 is 1.73 bits per heavy atom. The molecule has 0 radical (unpaired) electrons. The number of Topliss-reactive ketones (excluding diaryl/α,β-unsaturated/α-hetero) is 1. The summed E-state index contributed by atoms with van der Waals surface area (Å²) in [5.41, 5.74) is 0.0757. The molecule has 12 atom stereocenters. The number of carboxylic acids is 1. The van der Waals surface area contributed by atoms with Crippen molar-refractivity contribution in [3.05, 3.63) is 0 Å². The molecule has 0 aromatic carbocycles. The molecule has 5 rings (SSSR count). The Balaban J connectivity index is 1.26. The van der Waals surface area contributed by atoms with Crippen LogP contribution in [0, 0.1) is 34.5 Å². The molecule has 4 N–H and O–H groups in total. The second-order valence-corrected chi connectivity index (χ2v) is 11.8. The van der Waals surface area contributed by atoms with E-state index >= 15 is 0 Å². The summed E-state index contributed by atoms with van der Waals surface area (Å²) in [7, 11) is 0. The number of ketones is 1. The molecule has 1 aliphatic heterocycles. The normalized spacial score (nSPS) is 54.3. The standard InChI is InChI=1S/C25H38O8/c1-24-9-7-13(32-23-20(29)18(27)19(28)21(33-23)22(30)31)11-12(24)3-4-14-15-5-6-17(26)25(15,2)10-8-16(14)24/h12-16,18-21,23,27-29H,3-11H2,1-2H3,(H,30,31)/t12?,13?,14-,15-,16-,18-,19-,20+,21-,23+,24-,25-/m0/s1. The average Bonchev–Trinajstić information content (AvgIpc) is 3.08. The Labute approximate surface area is 194 Å². The fourth-order valence-electron chi connectivity index (χ4n) is 8.47.